The van der Waals surface area contributed by atoms with Crippen LogP contribution in [0.2, 0.25) is 0 Å². The predicted molar refractivity (Wildman–Crippen MR) is 75.8 cm³/mol. The molecule has 1 radical (unpaired) electrons. The Bertz CT molecular complexity index is 204. The van der Waals surface area contributed by atoms with Crippen LogP contribution < -0.4 is 0 Å². The van der Waals surface area contributed by atoms with Crippen molar-refractivity contribution in [2.45, 2.75) is 71.1 Å². The van der Waals surface area contributed by atoms with E-state index < -0.39 is 0 Å². The zero-order valence-electron chi connectivity index (χ0n) is 11.3. The first-order valence-electron chi connectivity index (χ1n) is 7.11. The number of hydrogen-bond donors (Lipinski definition) is 0. The number of carbonyl (C=O) groups excluding carboxylic acids is 1. The summed E-state index contributed by atoms with van der Waals surface area (Å²) in [6.07, 6.45) is 22.4. The maximum Gasteiger partial charge on any atom is 0.225 e. The fraction of sp³-hybridized carbons (Fsp3) is 0.688. The third-order valence-corrected chi connectivity index (χ3v) is 2.89. The van der Waals surface area contributed by atoms with Crippen LogP contribution in [0.25, 0.3) is 0 Å². The molecule has 0 aliphatic heterocycles. The minimum Gasteiger partial charge on any atom is -0.286 e. The molecule has 97 valence electrons. The van der Waals surface area contributed by atoms with Gasteiger partial charge in [0.1, 0.15) is 0 Å². The van der Waals surface area contributed by atoms with E-state index in [4.69, 9.17) is 0 Å². The Labute approximate surface area is 107 Å². The number of allylic oxidation sites excluding steroid dienone is 4. The molecule has 0 saturated carbocycles. The highest BCUT2D eigenvalue weighted by atomic mass is 16.1. The fourth-order valence-corrected chi connectivity index (χ4v) is 1.84. The van der Waals surface area contributed by atoms with E-state index in [1.165, 1.54) is 63.9 Å². The molecule has 0 heterocycles. The van der Waals surface area contributed by atoms with E-state index in [0.29, 0.717) is 0 Å². The zero-order valence-corrected chi connectivity index (χ0v) is 11.3. The van der Waals surface area contributed by atoms with E-state index in [1.54, 1.807) is 12.4 Å². The molecule has 0 atom stereocenters. The Hall–Kier alpha value is -0.850. The second-order valence-corrected chi connectivity index (χ2v) is 4.52. The topological polar surface area (TPSA) is 17.1 Å². The smallest absolute Gasteiger partial charge is 0.225 e. The Kier molecular flexibility index (Phi) is 14.4. The van der Waals surface area contributed by atoms with Crippen molar-refractivity contribution in [3.63, 3.8) is 0 Å². The van der Waals surface area contributed by atoms with Crippen molar-refractivity contribution in [2.75, 3.05) is 0 Å². The minimum atomic E-state index is 1.12. The average molecular weight is 235 g/mol. The lowest BCUT2D eigenvalue weighted by molar-refractivity contribution is 0.564. The van der Waals surface area contributed by atoms with E-state index in [-0.39, 0.29) is 0 Å². The third-order valence-electron chi connectivity index (χ3n) is 2.89. The molecular formula is C16H27O. The highest BCUT2D eigenvalue weighted by molar-refractivity contribution is 5.66. The van der Waals surface area contributed by atoms with Gasteiger partial charge < -0.3 is 0 Å². The summed E-state index contributed by atoms with van der Waals surface area (Å²) in [5.74, 6) is 0. The lowest BCUT2D eigenvalue weighted by Crippen LogP contribution is -1.80. The molecule has 1 nitrogen and oxygen atoms in total. The Balaban J connectivity index is 3.05. The molecule has 0 rings (SSSR count). The minimum absolute atomic E-state index is 1.12. The molecule has 0 aliphatic rings. The van der Waals surface area contributed by atoms with E-state index in [1.807, 2.05) is 6.08 Å². The zero-order chi connectivity index (χ0) is 12.6. The lowest BCUT2D eigenvalue weighted by Gasteiger charge is -2.00. The molecule has 0 N–H and O–H groups in total. The molecule has 0 aliphatic carbocycles. The number of rotatable bonds is 12. The molecule has 17 heavy (non-hydrogen) atoms. The standard InChI is InChI=1S/C16H27O/c1-2-3-4-5-6-7-8-9-10-11-12-13-14-15-16-17/h12-15H,2-11H2,1H3/b13-12+,15-14+. The van der Waals surface area contributed by atoms with Crippen molar-refractivity contribution >= 4 is 6.29 Å². The molecular weight excluding hydrogens is 208 g/mol. The van der Waals surface area contributed by atoms with Crippen LogP contribution >= 0.6 is 0 Å². The molecule has 0 saturated heterocycles. The molecule has 1 heteroatoms. The maximum atomic E-state index is 9.86. The van der Waals surface area contributed by atoms with Gasteiger partial charge in [0.05, 0.1) is 0 Å². The van der Waals surface area contributed by atoms with Crippen LogP contribution in [0.15, 0.2) is 24.3 Å². The third kappa shape index (κ3) is 15.1. The average Bonchev–Trinajstić information content (AvgIpc) is 2.35. The van der Waals surface area contributed by atoms with E-state index in [0.717, 1.165) is 6.42 Å². The second-order valence-electron chi connectivity index (χ2n) is 4.52. The fourth-order valence-electron chi connectivity index (χ4n) is 1.84. The number of hydrogen-bond acceptors (Lipinski definition) is 1. The molecule has 0 fully saturated rings. The van der Waals surface area contributed by atoms with Crippen molar-refractivity contribution in [2.24, 2.45) is 0 Å². The van der Waals surface area contributed by atoms with Crippen molar-refractivity contribution in [3.8, 4) is 0 Å². The van der Waals surface area contributed by atoms with Crippen molar-refractivity contribution in [1.82, 2.24) is 0 Å². The van der Waals surface area contributed by atoms with Crippen LogP contribution in [0, 0.1) is 0 Å². The molecule has 0 aromatic rings. The highest BCUT2D eigenvalue weighted by Gasteiger charge is 1.90. The van der Waals surface area contributed by atoms with Gasteiger partial charge in [-0.1, -0.05) is 76.5 Å². The first kappa shape index (κ1) is 16.1. The summed E-state index contributed by atoms with van der Waals surface area (Å²) in [4.78, 5) is 9.86. The van der Waals surface area contributed by atoms with Crippen molar-refractivity contribution < 1.29 is 4.79 Å². The molecule has 0 bridgehead atoms. The molecule has 0 amide bonds. The lowest BCUT2D eigenvalue weighted by atomic mass is 10.1. The van der Waals surface area contributed by atoms with Crippen LogP contribution in [0.3, 0.4) is 0 Å². The quantitative estimate of drug-likeness (QED) is 0.260. The summed E-state index contributed by atoms with van der Waals surface area (Å²) in [5.41, 5.74) is 0. The summed E-state index contributed by atoms with van der Waals surface area (Å²) >= 11 is 0. The van der Waals surface area contributed by atoms with Gasteiger partial charge in [-0.15, -0.1) is 0 Å². The largest absolute Gasteiger partial charge is 0.286 e. The van der Waals surface area contributed by atoms with Gasteiger partial charge in [-0.3, -0.25) is 4.79 Å². The van der Waals surface area contributed by atoms with E-state index in [2.05, 4.69) is 13.0 Å². The van der Waals surface area contributed by atoms with Gasteiger partial charge in [-0.25, -0.2) is 0 Å². The first-order chi connectivity index (χ1) is 8.41. The normalized spacial score (nSPS) is 11.6. The molecule has 0 unspecified atom stereocenters. The summed E-state index contributed by atoms with van der Waals surface area (Å²) in [7, 11) is 0. The maximum absolute atomic E-state index is 9.86. The Morgan fingerprint density at radius 2 is 1.41 bits per heavy atom. The summed E-state index contributed by atoms with van der Waals surface area (Å²) in [5, 5.41) is 0. The summed E-state index contributed by atoms with van der Waals surface area (Å²) < 4.78 is 0. The monoisotopic (exact) mass is 235 g/mol. The number of unbranched alkanes of at least 4 members (excludes halogenated alkanes) is 9. The van der Waals surface area contributed by atoms with Crippen molar-refractivity contribution in [1.29, 1.82) is 0 Å². The van der Waals surface area contributed by atoms with Crippen LogP contribution in [-0.2, 0) is 4.79 Å². The van der Waals surface area contributed by atoms with Gasteiger partial charge in [0, 0.05) is 0 Å². The second kappa shape index (κ2) is 15.1. The van der Waals surface area contributed by atoms with Gasteiger partial charge in [-0.05, 0) is 18.9 Å². The first-order valence-corrected chi connectivity index (χ1v) is 7.11. The molecule has 0 aromatic carbocycles. The van der Waals surface area contributed by atoms with E-state index in [9.17, 15) is 4.79 Å². The van der Waals surface area contributed by atoms with Crippen LogP contribution in [0.1, 0.15) is 71.1 Å². The van der Waals surface area contributed by atoms with Crippen molar-refractivity contribution in [3.05, 3.63) is 24.3 Å². The summed E-state index contributed by atoms with van der Waals surface area (Å²) in [6, 6.07) is 0. The predicted octanol–water partition coefficient (Wildman–Crippen LogP) is 5.13. The molecule has 0 aromatic heterocycles. The van der Waals surface area contributed by atoms with Crippen LogP contribution in [-0.4, -0.2) is 6.29 Å². The van der Waals surface area contributed by atoms with Gasteiger partial charge >= 0.3 is 0 Å². The van der Waals surface area contributed by atoms with Gasteiger partial charge in [0.2, 0.25) is 6.29 Å². The van der Waals surface area contributed by atoms with Crippen LogP contribution in [0.5, 0.6) is 0 Å². The molecule has 0 spiro atoms. The Morgan fingerprint density at radius 3 is 2.00 bits per heavy atom. The van der Waals surface area contributed by atoms with Gasteiger partial charge in [0.25, 0.3) is 0 Å². The SMILES string of the molecule is CCCCCCCCCCC/C=C/C=C/[C]=O. The highest BCUT2D eigenvalue weighted by Crippen LogP contribution is 2.10. The van der Waals surface area contributed by atoms with Gasteiger partial charge in [0.15, 0.2) is 0 Å². The van der Waals surface area contributed by atoms with Gasteiger partial charge in [-0.2, -0.15) is 0 Å². The van der Waals surface area contributed by atoms with Crippen LogP contribution in [0.4, 0.5) is 0 Å². The Morgan fingerprint density at radius 1 is 0.824 bits per heavy atom. The van der Waals surface area contributed by atoms with E-state index >= 15 is 0 Å². The summed E-state index contributed by atoms with van der Waals surface area (Å²) in [6.45, 7) is 2.26.